The van der Waals surface area contributed by atoms with Gasteiger partial charge in [-0.15, -0.1) is 11.6 Å². The van der Waals surface area contributed by atoms with Gasteiger partial charge in [0.15, 0.2) is 0 Å². The molecule has 0 aliphatic heterocycles. The summed E-state index contributed by atoms with van der Waals surface area (Å²) in [5.74, 6) is 0.809. The maximum absolute atomic E-state index is 13.6. The number of carboxylic acid groups (broad SMARTS) is 1. The van der Waals surface area contributed by atoms with Crippen LogP contribution in [0.2, 0.25) is 0 Å². The second-order valence-corrected chi connectivity index (χ2v) is 36.5. The van der Waals surface area contributed by atoms with Crippen molar-refractivity contribution >= 4 is 115 Å². The van der Waals surface area contributed by atoms with Crippen molar-refractivity contribution in [3.05, 3.63) is 143 Å². The summed E-state index contributed by atoms with van der Waals surface area (Å²) < 4.78 is 33.7. The lowest BCUT2D eigenvalue weighted by Crippen LogP contribution is -2.44. The summed E-state index contributed by atoms with van der Waals surface area (Å²) in [7, 11) is 6.22. The van der Waals surface area contributed by atoms with Crippen LogP contribution >= 0.6 is 23.2 Å². The molecule has 3 aromatic carbocycles. The third-order valence-corrected chi connectivity index (χ3v) is 18.4. The lowest BCUT2D eigenvalue weighted by Gasteiger charge is -2.29. The number of carbonyl (C=O) groups is 10. The Morgan fingerprint density at radius 2 is 0.810 bits per heavy atom. The number of methoxy groups -OCH3 is 2. The van der Waals surface area contributed by atoms with Crippen LogP contribution in [0.15, 0.2) is 117 Å². The second-order valence-electron chi connectivity index (χ2n) is 35.8. The predicted octanol–water partition coefficient (Wildman–Crippen LogP) is 17.8. The molecule has 126 heavy (non-hydrogen) atoms. The highest BCUT2D eigenvalue weighted by molar-refractivity contribution is 6.64. The molecule has 0 fully saturated rings. The number of ketones is 1. The van der Waals surface area contributed by atoms with Gasteiger partial charge in [-0.05, 0) is 188 Å². The number of Topliss-reactive ketones (excluding diaryl/α,β-unsaturated/α-hetero) is 1. The number of nitrogens with zero attached hydrogens (tertiary/aromatic N) is 8. The lowest BCUT2D eigenvalue weighted by molar-refractivity contribution is -0.158. The average Bonchev–Trinajstić information content (AvgIpc) is 1.61. The minimum Gasteiger partial charge on any atom is -0.481 e. The van der Waals surface area contributed by atoms with E-state index < -0.39 is 41.5 Å². The Morgan fingerprint density at radius 1 is 0.460 bits per heavy atom. The number of nitrogens with one attached hydrogen (secondary N) is 1. The Hall–Kier alpha value is -9.70. The van der Waals surface area contributed by atoms with E-state index in [2.05, 4.69) is 136 Å². The van der Waals surface area contributed by atoms with Gasteiger partial charge < -0.3 is 63.2 Å². The SMILES string of the molecule is CC(C)CN(CC(C)C)C(=O)CC(=O)CCc1ccc2occc2c1.CC(C)CN(CC(C)C)C(=O)CC(=O)O.CC(C)CNCC(C)C.COC(=O)CC(=O)Cl.COC(=O)CC(=O)N(CC(C)C)CC(C)C.Cc1cc(CC(C(=O)OCc2ccc3occc3c2)C(=O)N(CC(C)C)CC(C)C)n(C)n1.Cc1cc(CCl)n(C)n1.NCc1ccc2occc2c1. The first-order valence-electron chi connectivity index (χ1n) is 43.8. The van der Waals surface area contributed by atoms with E-state index in [9.17, 15) is 47.9 Å². The van der Waals surface area contributed by atoms with Gasteiger partial charge in [-0.2, -0.15) is 10.2 Å². The number of fused-ring (bicyclic) bond motifs is 3. The van der Waals surface area contributed by atoms with Crippen LogP contribution in [0.5, 0.6) is 0 Å². The zero-order valence-electron chi connectivity index (χ0n) is 80.2. The molecule has 0 saturated heterocycles. The van der Waals surface area contributed by atoms with Gasteiger partial charge in [-0.3, -0.25) is 57.3 Å². The first-order valence-corrected chi connectivity index (χ1v) is 44.7. The average molecular weight is 1800 g/mol. The highest BCUT2D eigenvalue weighted by Gasteiger charge is 2.34. The van der Waals surface area contributed by atoms with E-state index >= 15 is 0 Å². The molecule has 0 radical (unpaired) electrons. The van der Waals surface area contributed by atoms with Gasteiger partial charge in [0.2, 0.25) is 28.9 Å². The molecule has 29 heteroatoms. The van der Waals surface area contributed by atoms with Crippen molar-refractivity contribution in [2.24, 2.45) is 84.9 Å². The Balaban J connectivity index is 0.000000759. The molecule has 1 unspecified atom stereocenters. The van der Waals surface area contributed by atoms with Gasteiger partial charge in [-0.25, -0.2) is 0 Å². The van der Waals surface area contributed by atoms with Crippen molar-refractivity contribution in [1.82, 2.24) is 44.5 Å². The van der Waals surface area contributed by atoms with Crippen LogP contribution in [0.3, 0.4) is 0 Å². The molecule has 0 saturated carbocycles. The lowest BCUT2D eigenvalue weighted by atomic mass is 9.99. The number of nitrogens with two attached hydrogens (primary N) is 1. The molecule has 8 aromatic rings. The maximum atomic E-state index is 13.6. The molecule has 1 atom stereocenters. The Bertz CT molecular complexity index is 4480. The van der Waals surface area contributed by atoms with Crippen LogP contribution in [0.25, 0.3) is 32.9 Å². The maximum Gasteiger partial charge on any atom is 0.319 e. The van der Waals surface area contributed by atoms with Gasteiger partial charge in [0.25, 0.3) is 0 Å². The number of aliphatic carboxylic acids is 1. The van der Waals surface area contributed by atoms with E-state index in [1.807, 2.05) is 150 Å². The van der Waals surface area contributed by atoms with Crippen molar-refractivity contribution in [3.63, 3.8) is 0 Å². The number of amides is 4. The minimum absolute atomic E-state index is 0.00734. The van der Waals surface area contributed by atoms with Crippen molar-refractivity contribution < 1.29 is 80.5 Å². The van der Waals surface area contributed by atoms with Crippen molar-refractivity contribution in [3.8, 4) is 0 Å². The molecule has 5 aromatic heterocycles. The van der Waals surface area contributed by atoms with E-state index in [0.29, 0.717) is 125 Å². The number of carbonyl (C=O) groups excluding carboxylic acids is 9. The topological polar surface area (TPSA) is 345 Å². The van der Waals surface area contributed by atoms with Gasteiger partial charge in [0.05, 0.1) is 62.4 Å². The van der Waals surface area contributed by atoms with E-state index in [1.54, 1.807) is 38.0 Å². The molecule has 4 amide bonds. The van der Waals surface area contributed by atoms with E-state index in [4.69, 9.17) is 52.0 Å². The standard InChI is InChI=1S/C26H35N3O4.C21H29NO3.C12H23NO3.C11H21NO3.C9H9NO.C8H19N.C6H9ClN2.C4H5ClO3/c1-17(2)14-29(15-18(3)4)25(30)23(13-22-11-19(5)27-28(22)6)26(31)33-16-20-7-8-24-21(12-20)9-10-32-24;1-15(2)13-22(14-16(3)4)21(24)12-19(23)7-5-17-6-8-20-18(11-17)9-10-25-20;1-9(2)7-13(8-10(3)4)11(14)6-12(15)16-5;1-8(2)6-12(7-9(3)4)10(13)5-11(14)15;10-6-7-1-2-9-8(5-7)3-4-11-9;1-7(2)5-9-6-8(3)4;1-5-3-6(4-7)9(2)8-5;1-8-4(7)2-3(5)6/h7-12,17-18,23H,13-16H2,1-6H3;6,8-11,15-16H,5,7,12-14H2,1-4H3;9-10H,6-8H2,1-5H3;8-9H,5-7H2,1-4H3,(H,14,15);1-5H,6,10H2;7-9H,5-6H2,1-4H3;3H,4H2,1-2H3;2H2,1H3. The fourth-order valence-corrected chi connectivity index (χ4v) is 13.0. The van der Waals surface area contributed by atoms with Crippen LogP contribution in [-0.2, 0) is 108 Å². The third-order valence-electron chi connectivity index (χ3n) is 18.0. The Morgan fingerprint density at radius 3 is 1.14 bits per heavy atom. The number of carboxylic acids is 1. The number of aromatic nitrogens is 4. The predicted molar refractivity (Wildman–Crippen MR) is 501 cm³/mol. The number of rotatable bonds is 39. The Kier molecular flexibility index (Phi) is 55.9. The number of esters is 3. The van der Waals surface area contributed by atoms with E-state index in [-0.39, 0.29) is 61.7 Å². The minimum atomic E-state index is -1.06. The van der Waals surface area contributed by atoms with Gasteiger partial charge >= 0.3 is 23.9 Å². The number of halogens is 2. The number of aryl methyl sites for hydroxylation is 5. The van der Waals surface area contributed by atoms with Gasteiger partial charge in [-0.1, -0.05) is 157 Å². The summed E-state index contributed by atoms with van der Waals surface area (Å²) >= 11 is 10.4. The van der Waals surface area contributed by atoms with Crippen molar-refractivity contribution in [2.45, 2.75) is 216 Å². The van der Waals surface area contributed by atoms with Crippen molar-refractivity contribution in [1.29, 1.82) is 0 Å². The summed E-state index contributed by atoms with van der Waals surface area (Å²) in [5.41, 5.74) is 14.9. The fourth-order valence-electron chi connectivity index (χ4n) is 12.7. The Labute approximate surface area is 759 Å². The first-order chi connectivity index (χ1) is 59.1. The zero-order chi connectivity index (χ0) is 95.6. The number of hydrogen-bond acceptors (Lipinski definition) is 20. The van der Waals surface area contributed by atoms with Crippen molar-refractivity contribution in [2.75, 3.05) is 79.7 Å². The molecule has 4 N–H and O–H groups in total. The third kappa shape index (κ3) is 50.0. The summed E-state index contributed by atoms with van der Waals surface area (Å²) in [5, 5.41) is 22.8. The van der Waals surface area contributed by atoms with Crippen LogP contribution in [0.1, 0.15) is 210 Å². The van der Waals surface area contributed by atoms with Gasteiger partial charge in [0.1, 0.15) is 54.3 Å². The first kappa shape index (κ1) is 114. The number of benzene rings is 3. The molecular formula is C97H150Cl2N10O17. The summed E-state index contributed by atoms with van der Waals surface area (Å²) in [6.07, 6.45) is 5.38. The van der Waals surface area contributed by atoms with Crippen LogP contribution < -0.4 is 11.1 Å². The normalized spacial score (nSPS) is 11.2. The van der Waals surface area contributed by atoms with Gasteiger partial charge in [0, 0.05) is 108 Å². The molecule has 0 aliphatic rings. The van der Waals surface area contributed by atoms with E-state index in [0.717, 1.165) is 97.3 Å². The number of ether oxygens (including phenoxy) is 3. The molecule has 27 nitrogen and oxygen atoms in total. The molecule has 8 rings (SSSR count). The highest BCUT2D eigenvalue weighted by atomic mass is 35.5. The van der Waals surface area contributed by atoms with Crippen LogP contribution in [0.4, 0.5) is 0 Å². The number of furan rings is 3. The number of alkyl halides is 1. The molecule has 0 bridgehead atoms. The van der Waals surface area contributed by atoms with Crippen LogP contribution in [-0.4, -0.2) is 182 Å². The second kappa shape index (κ2) is 61.7. The van der Waals surface area contributed by atoms with Crippen LogP contribution in [0, 0.1) is 78.9 Å². The molecule has 0 aliphatic carbocycles. The zero-order valence-corrected chi connectivity index (χ0v) is 81.7. The molecular weight excluding hydrogens is 1650 g/mol. The largest absolute Gasteiger partial charge is 0.481 e. The smallest absolute Gasteiger partial charge is 0.319 e. The fraction of sp³-hybridized carbons (Fsp3) is 0.588. The molecule has 0 spiro atoms. The number of hydrogen-bond donors (Lipinski definition) is 3. The monoisotopic (exact) mass is 1800 g/mol. The molecule has 704 valence electrons. The summed E-state index contributed by atoms with van der Waals surface area (Å²) in [6.45, 7) is 54.0. The summed E-state index contributed by atoms with van der Waals surface area (Å²) in [6, 6.07) is 27.2. The molecule has 5 heterocycles. The van der Waals surface area contributed by atoms with E-state index in [1.165, 1.54) is 14.2 Å². The summed E-state index contributed by atoms with van der Waals surface area (Å²) in [4.78, 5) is 123. The highest BCUT2D eigenvalue weighted by Crippen LogP contribution is 2.24. The quantitative estimate of drug-likeness (QED) is 0.0106.